The van der Waals surface area contributed by atoms with Gasteiger partial charge in [-0.15, -0.1) is 0 Å². The minimum absolute atomic E-state index is 0.182. The van der Waals surface area contributed by atoms with Crippen LogP contribution >= 0.6 is 0 Å². The molecule has 0 fully saturated rings. The quantitative estimate of drug-likeness (QED) is 0.442. The van der Waals surface area contributed by atoms with Crippen molar-refractivity contribution in [1.29, 1.82) is 0 Å². The first-order valence-electron chi connectivity index (χ1n) is 6.05. The standard InChI is InChI=1S/C14H18O4/c1-4-8-18-12-7-6-10(3)9-11(12)13(15)14(16)17-5-2/h6-7,9H,4-5,8H2,1-3H3. The third-order valence-corrected chi connectivity index (χ3v) is 2.30. The van der Waals surface area contributed by atoms with Crippen LogP contribution in [0.4, 0.5) is 0 Å². The van der Waals surface area contributed by atoms with Crippen LogP contribution in [0.25, 0.3) is 0 Å². The molecule has 0 aliphatic rings. The van der Waals surface area contributed by atoms with Gasteiger partial charge < -0.3 is 9.47 Å². The molecule has 0 bridgehead atoms. The van der Waals surface area contributed by atoms with Crippen LogP contribution in [0.5, 0.6) is 5.75 Å². The second-order valence-electron chi connectivity index (χ2n) is 3.90. The molecular formula is C14H18O4. The van der Waals surface area contributed by atoms with E-state index >= 15 is 0 Å². The fourth-order valence-corrected chi connectivity index (χ4v) is 1.47. The van der Waals surface area contributed by atoms with E-state index in [1.54, 1.807) is 19.1 Å². The lowest BCUT2D eigenvalue weighted by molar-refractivity contribution is -0.137. The van der Waals surface area contributed by atoms with Crippen LogP contribution in [0.3, 0.4) is 0 Å². The summed E-state index contributed by atoms with van der Waals surface area (Å²) >= 11 is 0. The highest BCUT2D eigenvalue weighted by Crippen LogP contribution is 2.21. The summed E-state index contributed by atoms with van der Waals surface area (Å²) in [6.45, 7) is 6.18. The topological polar surface area (TPSA) is 52.6 Å². The zero-order valence-corrected chi connectivity index (χ0v) is 11.0. The molecule has 1 rings (SSSR count). The van der Waals surface area contributed by atoms with Crippen LogP contribution in [0.2, 0.25) is 0 Å². The summed E-state index contributed by atoms with van der Waals surface area (Å²) in [5, 5.41) is 0. The Kier molecular flexibility index (Phi) is 5.36. The molecule has 0 spiro atoms. The molecule has 0 aromatic heterocycles. The summed E-state index contributed by atoms with van der Waals surface area (Å²) in [6, 6.07) is 5.19. The van der Waals surface area contributed by atoms with Crippen LogP contribution in [-0.4, -0.2) is 25.0 Å². The average molecular weight is 250 g/mol. The number of benzene rings is 1. The number of hydrogen-bond acceptors (Lipinski definition) is 4. The molecule has 4 nitrogen and oxygen atoms in total. The second-order valence-corrected chi connectivity index (χ2v) is 3.90. The van der Waals surface area contributed by atoms with E-state index in [1.807, 2.05) is 19.9 Å². The lowest BCUT2D eigenvalue weighted by atomic mass is 10.1. The summed E-state index contributed by atoms with van der Waals surface area (Å²) < 4.78 is 10.2. The van der Waals surface area contributed by atoms with Crippen LogP contribution < -0.4 is 4.74 Å². The van der Waals surface area contributed by atoms with Crippen molar-refractivity contribution in [3.63, 3.8) is 0 Å². The third kappa shape index (κ3) is 3.58. The van der Waals surface area contributed by atoms with Crippen molar-refractivity contribution in [2.75, 3.05) is 13.2 Å². The molecular weight excluding hydrogens is 232 g/mol. The summed E-state index contributed by atoms with van der Waals surface area (Å²) in [4.78, 5) is 23.4. The van der Waals surface area contributed by atoms with Crippen molar-refractivity contribution in [1.82, 2.24) is 0 Å². The number of rotatable bonds is 6. The molecule has 4 heteroatoms. The van der Waals surface area contributed by atoms with Gasteiger partial charge in [-0.25, -0.2) is 4.79 Å². The van der Waals surface area contributed by atoms with Gasteiger partial charge in [-0.2, -0.15) is 0 Å². The van der Waals surface area contributed by atoms with Gasteiger partial charge in [-0.1, -0.05) is 18.6 Å². The van der Waals surface area contributed by atoms with Gasteiger partial charge in [0.05, 0.1) is 18.8 Å². The zero-order chi connectivity index (χ0) is 13.5. The van der Waals surface area contributed by atoms with Crippen LogP contribution in [0.1, 0.15) is 36.2 Å². The summed E-state index contributed by atoms with van der Waals surface area (Å²) in [6.07, 6.45) is 0.834. The van der Waals surface area contributed by atoms with E-state index in [9.17, 15) is 9.59 Å². The molecule has 0 amide bonds. The van der Waals surface area contributed by atoms with Gasteiger partial charge >= 0.3 is 5.97 Å². The Morgan fingerprint density at radius 3 is 2.56 bits per heavy atom. The summed E-state index contributed by atoms with van der Waals surface area (Å²) in [5.74, 6) is -1.07. The number of Topliss-reactive ketones (excluding diaryl/α,β-unsaturated/α-hetero) is 1. The smallest absolute Gasteiger partial charge is 0.379 e. The highest BCUT2D eigenvalue weighted by Gasteiger charge is 2.21. The first-order valence-corrected chi connectivity index (χ1v) is 6.05. The molecule has 0 saturated heterocycles. The Hall–Kier alpha value is -1.84. The highest BCUT2D eigenvalue weighted by atomic mass is 16.5. The molecule has 98 valence electrons. The Morgan fingerprint density at radius 2 is 1.94 bits per heavy atom. The molecule has 1 aromatic rings. The molecule has 0 N–H and O–H groups in total. The number of ketones is 1. The molecule has 0 aliphatic heterocycles. The van der Waals surface area contributed by atoms with Gasteiger partial charge in [0.2, 0.25) is 0 Å². The maximum absolute atomic E-state index is 11.9. The SMILES string of the molecule is CCCOc1ccc(C)cc1C(=O)C(=O)OCC. The fourth-order valence-electron chi connectivity index (χ4n) is 1.47. The number of carbonyl (C=O) groups excluding carboxylic acids is 2. The van der Waals surface area contributed by atoms with E-state index in [2.05, 4.69) is 0 Å². The lowest BCUT2D eigenvalue weighted by Gasteiger charge is -2.10. The first-order chi connectivity index (χ1) is 8.60. The van der Waals surface area contributed by atoms with Gasteiger partial charge in [-0.3, -0.25) is 4.79 Å². The van der Waals surface area contributed by atoms with E-state index < -0.39 is 11.8 Å². The van der Waals surface area contributed by atoms with E-state index in [-0.39, 0.29) is 12.2 Å². The first kappa shape index (κ1) is 14.2. The predicted octanol–water partition coefficient (Wildman–Crippen LogP) is 2.53. The maximum Gasteiger partial charge on any atom is 0.379 e. The lowest BCUT2D eigenvalue weighted by Crippen LogP contribution is -2.18. The molecule has 1 aromatic carbocycles. The largest absolute Gasteiger partial charge is 0.493 e. The van der Waals surface area contributed by atoms with Gasteiger partial charge in [0, 0.05) is 0 Å². The summed E-state index contributed by atoms with van der Waals surface area (Å²) in [5.41, 5.74) is 1.16. The van der Waals surface area contributed by atoms with Gasteiger partial charge in [0.1, 0.15) is 5.75 Å². The monoisotopic (exact) mass is 250 g/mol. The average Bonchev–Trinajstić information content (AvgIpc) is 2.36. The minimum Gasteiger partial charge on any atom is -0.493 e. The van der Waals surface area contributed by atoms with E-state index in [0.717, 1.165) is 12.0 Å². The predicted molar refractivity (Wildman–Crippen MR) is 67.9 cm³/mol. The van der Waals surface area contributed by atoms with Crippen molar-refractivity contribution in [2.24, 2.45) is 0 Å². The number of aryl methyl sites for hydroxylation is 1. The number of carbonyl (C=O) groups is 2. The molecule has 0 saturated carbocycles. The second kappa shape index (κ2) is 6.79. The van der Waals surface area contributed by atoms with E-state index in [0.29, 0.717) is 12.4 Å². The van der Waals surface area contributed by atoms with Gasteiger partial charge in [0.15, 0.2) is 0 Å². The maximum atomic E-state index is 11.9. The fraction of sp³-hybridized carbons (Fsp3) is 0.429. The van der Waals surface area contributed by atoms with Crippen molar-refractivity contribution < 1.29 is 19.1 Å². The van der Waals surface area contributed by atoms with Crippen molar-refractivity contribution >= 4 is 11.8 Å². The molecule has 0 atom stereocenters. The minimum atomic E-state index is -0.843. The Balaban J connectivity index is 3.00. The number of ether oxygens (including phenoxy) is 2. The Bertz CT molecular complexity index is 437. The van der Waals surface area contributed by atoms with Crippen LogP contribution in [0, 0.1) is 6.92 Å². The summed E-state index contributed by atoms with van der Waals surface area (Å²) in [7, 11) is 0. The molecule has 0 radical (unpaired) electrons. The van der Waals surface area contributed by atoms with Crippen LogP contribution in [0.15, 0.2) is 18.2 Å². The van der Waals surface area contributed by atoms with Crippen molar-refractivity contribution in [2.45, 2.75) is 27.2 Å². The number of esters is 1. The van der Waals surface area contributed by atoms with E-state index in [1.165, 1.54) is 0 Å². The normalized spacial score (nSPS) is 9.94. The van der Waals surface area contributed by atoms with Gasteiger partial charge in [0.25, 0.3) is 5.78 Å². The van der Waals surface area contributed by atoms with Crippen LogP contribution in [-0.2, 0) is 9.53 Å². The number of hydrogen-bond donors (Lipinski definition) is 0. The molecule has 18 heavy (non-hydrogen) atoms. The highest BCUT2D eigenvalue weighted by molar-refractivity contribution is 6.41. The van der Waals surface area contributed by atoms with E-state index in [4.69, 9.17) is 9.47 Å². The Morgan fingerprint density at radius 1 is 1.22 bits per heavy atom. The molecule has 0 aliphatic carbocycles. The van der Waals surface area contributed by atoms with Crippen molar-refractivity contribution in [3.05, 3.63) is 29.3 Å². The molecule has 0 heterocycles. The molecule has 0 unspecified atom stereocenters. The third-order valence-electron chi connectivity index (χ3n) is 2.30. The Labute approximate surface area is 107 Å². The van der Waals surface area contributed by atoms with Gasteiger partial charge in [-0.05, 0) is 32.4 Å². The van der Waals surface area contributed by atoms with Crippen molar-refractivity contribution in [3.8, 4) is 5.75 Å². The zero-order valence-electron chi connectivity index (χ0n) is 11.0.